The average Bonchev–Trinajstić information content (AvgIpc) is 2.53. The Labute approximate surface area is 144 Å². The summed E-state index contributed by atoms with van der Waals surface area (Å²) in [6.45, 7) is 0.0648. The fraction of sp³-hybridized carbons (Fsp3) is 0.231. The number of benzene rings is 1. The van der Waals surface area contributed by atoms with Crippen molar-refractivity contribution >= 4 is 31.8 Å². The van der Waals surface area contributed by atoms with Crippen LogP contribution >= 0.6 is 15.9 Å². The molecule has 0 saturated carbocycles. The van der Waals surface area contributed by atoms with E-state index in [1.54, 1.807) is 0 Å². The summed E-state index contributed by atoms with van der Waals surface area (Å²) in [6, 6.07) is 4.84. The molecule has 2 N–H and O–H groups in total. The van der Waals surface area contributed by atoms with Crippen LogP contribution in [0.3, 0.4) is 0 Å². The van der Waals surface area contributed by atoms with Gasteiger partial charge < -0.3 is 5.32 Å². The first-order valence-electron chi connectivity index (χ1n) is 6.49. The molecule has 1 aromatic heterocycles. The third-order valence-corrected chi connectivity index (χ3v) is 4.80. The van der Waals surface area contributed by atoms with E-state index in [4.69, 9.17) is 0 Å². The molecule has 24 heavy (non-hydrogen) atoms. The van der Waals surface area contributed by atoms with E-state index in [9.17, 15) is 21.6 Å². The lowest BCUT2D eigenvalue weighted by Crippen LogP contribution is -2.20. The number of sulfonamides is 1. The largest absolute Gasteiger partial charge is 0.416 e. The van der Waals surface area contributed by atoms with Crippen molar-refractivity contribution in [2.75, 3.05) is 12.4 Å². The van der Waals surface area contributed by atoms with Gasteiger partial charge in [-0.05, 0) is 40.7 Å². The Kier molecular flexibility index (Phi) is 5.45. The van der Waals surface area contributed by atoms with Crippen molar-refractivity contribution in [2.24, 2.45) is 0 Å². The Bertz CT molecular complexity index is 843. The number of nitrogens with one attached hydrogen (secondary N) is 2. The summed E-state index contributed by atoms with van der Waals surface area (Å²) in [4.78, 5) is 7.76. The average molecular weight is 425 g/mol. The highest BCUT2D eigenvalue weighted by Crippen LogP contribution is 2.29. The molecule has 0 atom stereocenters. The van der Waals surface area contributed by atoms with Crippen LogP contribution in [0.4, 0.5) is 19.0 Å². The van der Waals surface area contributed by atoms with Gasteiger partial charge in [0.25, 0.3) is 10.0 Å². The number of aromatic nitrogens is 2. The van der Waals surface area contributed by atoms with Gasteiger partial charge in [-0.1, -0.05) is 12.1 Å². The van der Waals surface area contributed by atoms with Crippen molar-refractivity contribution in [1.29, 1.82) is 0 Å². The number of rotatable bonds is 5. The van der Waals surface area contributed by atoms with Gasteiger partial charge in [0, 0.05) is 6.54 Å². The smallest absolute Gasteiger partial charge is 0.364 e. The molecule has 6 nitrogen and oxygen atoms in total. The molecule has 0 saturated heterocycles. The Balaban J connectivity index is 2.16. The quantitative estimate of drug-likeness (QED) is 0.770. The molecule has 130 valence electrons. The van der Waals surface area contributed by atoms with E-state index < -0.39 is 21.8 Å². The normalized spacial score (nSPS) is 12.2. The minimum Gasteiger partial charge on any atom is -0.364 e. The van der Waals surface area contributed by atoms with E-state index in [2.05, 4.69) is 35.9 Å². The first-order valence-corrected chi connectivity index (χ1v) is 8.77. The van der Waals surface area contributed by atoms with E-state index in [1.807, 2.05) is 0 Å². The summed E-state index contributed by atoms with van der Waals surface area (Å²) >= 11 is 3.08. The molecule has 1 heterocycles. The lowest BCUT2D eigenvalue weighted by Gasteiger charge is -2.11. The zero-order chi connectivity index (χ0) is 18.0. The third kappa shape index (κ3) is 4.42. The highest BCUT2D eigenvalue weighted by molar-refractivity contribution is 9.10. The molecule has 11 heteroatoms. The molecule has 2 aromatic rings. The first kappa shape index (κ1) is 18.6. The SMILES string of the molecule is CNS(=O)(=O)c1cnc(NCc2cccc(C(F)(F)F)c2)c(Br)n1. The maximum Gasteiger partial charge on any atom is 0.416 e. The van der Waals surface area contributed by atoms with Crippen molar-refractivity contribution in [2.45, 2.75) is 17.7 Å². The molecule has 0 fully saturated rings. The summed E-state index contributed by atoms with van der Waals surface area (Å²) < 4.78 is 63.5. The van der Waals surface area contributed by atoms with Crippen molar-refractivity contribution in [3.63, 3.8) is 0 Å². The topological polar surface area (TPSA) is 84.0 Å². The van der Waals surface area contributed by atoms with Gasteiger partial charge in [-0.3, -0.25) is 0 Å². The molecule has 0 bridgehead atoms. The van der Waals surface area contributed by atoms with E-state index >= 15 is 0 Å². The maximum absolute atomic E-state index is 12.7. The predicted octanol–water partition coefficient (Wildman–Crippen LogP) is 2.78. The lowest BCUT2D eigenvalue weighted by molar-refractivity contribution is -0.137. The molecule has 0 spiro atoms. The second kappa shape index (κ2) is 7.03. The second-order valence-corrected chi connectivity index (χ2v) is 7.19. The van der Waals surface area contributed by atoms with Gasteiger partial charge in [0.15, 0.2) is 10.8 Å². The number of anilines is 1. The summed E-state index contributed by atoms with van der Waals surface area (Å²) in [5.74, 6) is 0.211. The Morgan fingerprint density at radius 3 is 2.58 bits per heavy atom. The fourth-order valence-corrected chi connectivity index (χ4v) is 2.91. The molecular formula is C13H12BrF3N4O2S. The van der Waals surface area contributed by atoms with Gasteiger partial charge in [-0.15, -0.1) is 0 Å². The van der Waals surface area contributed by atoms with Crippen molar-refractivity contribution in [1.82, 2.24) is 14.7 Å². The molecule has 1 aromatic carbocycles. The second-order valence-electron chi connectivity index (χ2n) is 4.61. The van der Waals surface area contributed by atoms with Crippen LogP contribution < -0.4 is 10.0 Å². The van der Waals surface area contributed by atoms with Crippen molar-refractivity contribution in [3.05, 3.63) is 46.2 Å². The van der Waals surface area contributed by atoms with E-state index in [-0.39, 0.29) is 22.0 Å². The summed E-state index contributed by atoms with van der Waals surface area (Å²) in [6.07, 6.45) is -3.37. The Morgan fingerprint density at radius 2 is 2.00 bits per heavy atom. The molecule has 0 aliphatic heterocycles. The number of hydrogen-bond acceptors (Lipinski definition) is 5. The van der Waals surface area contributed by atoms with Gasteiger partial charge >= 0.3 is 6.18 Å². The van der Waals surface area contributed by atoms with Crippen LogP contribution in [0, 0.1) is 0 Å². The molecular weight excluding hydrogens is 413 g/mol. The van der Waals surface area contributed by atoms with E-state index in [0.717, 1.165) is 18.3 Å². The summed E-state index contributed by atoms with van der Waals surface area (Å²) in [7, 11) is -2.49. The number of alkyl halides is 3. The lowest BCUT2D eigenvalue weighted by atomic mass is 10.1. The van der Waals surface area contributed by atoms with Crippen LogP contribution in [0.1, 0.15) is 11.1 Å². The van der Waals surface area contributed by atoms with E-state index in [0.29, 0.717) is 5.56 Å². The number of hydrogen-bond donors (Lipinski definition) is 2. The molecule has 0 unspecified atom stereocenters. The van der Waals surface area contributed by atoms with Crippen LogP contribution in [-0.2, 0) is 22.7 Å². The minimum absolute atomic E-state index is 0.0648. The minimum atomic E-state index is -4.42. The van der Waals surface area contributed by atoms with E-state index in [1.165, 1.54) is 19.2 Å². The molecule has 0 aliphatic carbocycles. The fourth-order valence-electron chi connectivity index (χ4n) is 1.75. The van der Waals surface area contributed by atoms with Crippen LogP contribution in [-0.4, -0.2) is 25.4 Å². The standard InChI is InChI=1S/C13H12BrF3N4O2S/c1-18-24(22,23)10-7-20-12(11(14)21-10)19-6-8-3-2-4-9(5-8)13(15,16)17/h2-5,7,18H,6H2,1H3,(H,19,20). The monoisotopic (exact) mass is 424 g/mol. The van der Waals surface area contributed by atoms with Gasteiger partial charge in [-0.25, -0.2) is 23.1 Å². The molecule has 0 amide bonds. The van der Waals surface area contributed by atoms with Gasteiger partial charge in [0.05, 0.1) is 11.8 Å². The first-order chi connectivity index (χ1) is 11.1. The summed E-state index contributed by atoms with van der Waals surface area (Å²) in [5, 5.41) is 2.53. The third-order valence-electron chi connectivity index (χ3n) is 2.97. The van der Waals surface area contributed by atoms with Crippen molar-refractivity contribution in [3.8, 4) is 0 Å². The zero-order valence-corrected chi connectivity index (χ0v) is 14.6. The number of nitrogens with zero attached hydrogens (tertiary/aromatic N) is 2. The highest BCUT2D eigenvalue weighted by Gasteiger charge is 2.30. The molecule has 0 aliphatic rings. The van der Waals surface area contributed by atoms with Crippen LogP contribution in [0.15, 0.2) is 40.1 Å². The highest BCUT2D eigenvalue weighted by atomic mass is 79.9. The van der Waals surface area contributed by atoms with Crippen LogP contribution in [0.2, 0.25) is 0 Å². The van der Waals surface area contributed by atoms with Gasteiger partial charge in [0.1, 0.15) is 4.60 Å². The van der Waals surface area contributed by atoms with Crippen LogP contribution in [0.5, 0.6) is 0 Å². The summed E-state index contributed by atoms with van der Waals surface area (Å²) in [5.41, 5.74) is -0.354. The van der Waals surface area contributed by atoms with Gasteiger partial charge in [-0.2, -0.15) is 13.2 Å². The van der Waals surface area contributed by atoms with Gasteiger partial charge in [0.2, 0.25) is 0 Å². The zero-order valence-electron chi connectivity index (χ0n) is 12.2. The molecule has 0 radical (unpaired) electrons. The predicted molar refractivity (Wildman–Crippen MR) is 84.7 cm³/mol. The Hall–Kier alpha value is -1.72. The maximum atomic E-state index is 12.7. The van der Waals surface area contributed by atoms with Crippen molar-refractivity contribution < 1.29 is 21.6 Å². The number of halogens is 4. The molecule has 2 rings (SSSR count). The van der Waals surface area contributed by atoms with Crippen LogP contribution in [0.25, 0.3) is 0 Å². The Morgan fingerprint density at radius 1 is 1.29 bits per heavy atom.